The lowest BCUT2D eigenvalue weighted by molar-refractivity contribution is 0.0264. The smallest absolute Gasteiger partial charge is 0.265 e. The van der Waals surface area contributed by atoms with E-state index in [1.54, 1.807) is 0 Å². The predicted molar refractivity (Wildman–Crippen MR) is 93.1 cm³/mol. The molecule has 0 spiro atoms. The number of hydrogen-bond donors (Lipinski definition) is 2. The van der Waals surface area contributed by atoms with Gasteiger partial charge in [0.1, 0.15) is 4.88 Å². The molecule has 1 aromatic heterocycles. The van der Waals surface area contributed by atoms with Crippen LogP contribution in [0.5, 0.6) is 0 Å². The van der Waals surface area contributed by atoms with E-state index < -0.39 is 0 Å². The highest BCUT2D eigenvalue weighted by Crippen LogP contribution is 2.29. The molecule has 2 aliphatic heterocycles. The van der Waals surface area contributed by atoms with Crippen molar-refractivity contribution in [1.29, 1.82) is 0 Å². The lowest BCUT2D eigenvalue weighted by Crippen LogP contribution is -2.41. The molecule has 0 bridgehead atoms. The van der Waals surface area contributed by atoms with Crippen molar-refractivity contribution in [1.82, 2.24) is 14.8 Å². The molecular formula is C16H26N4O3S. The van der Waals surface area contributed by atoms with Gasteiger partial charge in [0, 0.05) is 45.2 Å². The zero-order chi connectivity index (χ0) is 17.1. The summed E-state index contributed by atoms with van der Waals surface area (Å²) in [6, 6.07) is 0. The van der Waals surface area contributed by atoms with Crippen LogP contribution < -0.4 is 5.73 Å². The SMILES string of the molecule is CCc1nc(N)sc1C(=O)N1C[C@@H](CN2CCOCC2)[C@@H](CO)C1. The van der Waals surface area contributed by atoms with E-state index in [1.807, 2.05) is 11.8 Å². The van der Waals surface area contributed by atoms with Gasteiger partial charge in [-0.25, -0.2) is 4.98 Å². The first-order valence-corrected chi connectivity index (χ1v) is 9.39. The molecule has 0 radical (unpaired) electrons. The third-order valence-corrected chi connectivity index (χ3v) is 5.85. The van der Waals surface area contributed by atoms with Crippen molar-refractivity contribution >= 4 is 22.4 Å². The van der Waals surface area contributed by atoms with E-state index in [2.05, 4.69) is 9.88 Å². The highest BCUT2D eigenvalue weighted by molar-refractivity contribution is 7.17. The molecule has 3 rings (SSSR count). The highest BCUT2D eigenvalue weighted by Gasteiger charge is 2.37. The molecule has 0 saturated carbocycles. The van der Waals surface area contributed by atoms with Gasteiger partial charge >= 0.3 is 0 Å². The summed E-state index contributed by atoms with van der Waals surface area (Å²) in [5.41, 5.74) is 6.55. The van der Waals surface area contributed by atoms with Crippen molar-refractivity contribution in [3.63, 3.8) is 0 Å². The number of amides is 1. The molecule has 7 nitrogen and oxygen atoms in total. The molecular weight excluding hydrogens is 328 g/mol. The minimum absolute atomic E-state index is 0.00368. The molecule has 2 aliphatic rings. The Bertz CT molecular complexity index is 574. The summed E-state index contributed by atoms with van der Waals surface area (Å²) in [5, 5.41) is 10.2. The first-order chi connectivity index (χ1) is 11.6. The Kier molecular flexibility index (Phi) is 5.70. The van der Waals surface area contributed by atoms with Crippen molar-refractivity contribution in [3.05, 3.63) is 10.6 Å². The van der Waals surface area contributed by atoms with Gasteiger partial charge in [-0.3, -0.25) is 9.69 Å². The number of hydrogen-bond acceptors (Lipinski definition) is 7. The Morgan fingerprint density at radius 1 is 1.38 bits per heavy atom. The van der Waals surface area contributed by atoms with E-state index in [4.69, 9.17) is 10.5 Å². The van der Waals surface area contributed by atoms with E-state index in [0.29, 0.717) is 35.4 Å². The van der Waals surface area contributed by atoms with E-state index in [1.165, 1.54) is 11.3 Å². The molecule has 1 amide bonds. The molecule has 24 heavy (non-hydrogen) atoms. The van der Waals surface area contributed by atoms with Crippen LogP contribution in [0.25, 0.3) is 0 Å². The Morgan fingerprint density at radius 3 is 2.75 bits per heavy atom. The third kappa shape index (κ3) is 3.72. The van der Waals surface area contributed by atoms with Crippen LogP contribution in [0.15, 0.2) is 0 Å². The molecule has 0 aromatic carbocycles. The molecule has 1 aromatic rings. The molecule has 8 heteroatoms. The van der Waals surface area contributed by atoms with Crippen LogP contribution in [0.1, 0.15) is 22.3 Å². The standard InChI is InChI=1S/C16H26N4O3S/c1-2-13-14(24-16(17)18-13)15(22)20-8-11(12(9-20)10-21)7-19-3-5-23-6-4-19/h11-12,21H,2-10H2,1H3,(H2,17,18)/t11-,12-/m1/s1. The number of rotatable bonds is 5. The van der Waals surface area contributed by atoms with Gasteiger partial charge in [0.2, 0.25) is 0 Å². The number of aryl methyl sites for hydroxylation is 1. The third-order valence-electron chi connectivity index (χ3n) is 4.94. The largest absolute Gasteiger partial charge is 0.396 e. The van der Waals surface area contributed by atoms with Crippen molar-refractivity contribution in [2.24, 2.45) is 11.8 Å². The number of anilines is 1. The lowest BCUT2D eigenvalue weighted by atomic mass is 9.96. The van der Waals surface area contributed by atoms with E-state index in [0.717, 1.165) is 38.5 Å². The zero-order valence-electron chi connectivity index (χ0n) is 14.1. The second-order valence-corrected chi connectivity index (χ2v) is 7.54. The van der Waals surface area contributed by atoms with E-state index in [-0.39, 0.29) is 18.4 Å². The summed E-state index contributed by atoms with van der Waals surface area (Å²) < 4.78 is 5.39. The van der Waals surface area contributed by atoms with Gasteiger partial charge in [-0.2, -0.15) is 0 Å². The quantitative estimate of drug-likeness (QED) is 0.790. The first-order valence-electron chi connectivity index (χ1n) is 8.57. The maximum atomic E-state index is 12.9. The van der Waals surface area contributed by atoms with Gasteiger partial charge in [0.15, 0.2) is 5.13 Å². The van der Waals surface area contributed by atoms with Gasteiger partial charge < -0.3 is 20.5 Å². The van der Waals surface area contributed by atoms with Crippen LogP contribution in [0.2, 0.25) is 0 Å². The number of thiazole rings is 1. The summed E-state index contributed by atoms with van der Waals surface area (Å²) >= 11 is 1.27. The van der Waals surface area contributed by atoms with E-state index >= 15 is 0 Å². The van der Waals surface area contributed by atoms with Crippen LogP contribution in [0.4, 0.5) is 5.13 Å². The summed E-state index contributed by atoms with van der Waals surface area (Å²) in [6.07, 6.45) is 0.698. The van der Waals surface area contributed by atoms with Gasteiger partial charge in [0.25, 0.3) is 5.91 Å². The summed E-state index contributed by atoms with van der Waals surface area (Å²) in [5.74, 6) is 0.434. The minimum atomic E-state index is 0.00368. The molecule has 0 unspecified atom stereocenters. The normalized spacial score (nSPS) is 25.3. The van der Waals surface area contributed by atoms with Gasteiger partial charge in [-0.1, -0.05) is 18.3 Å². The molecule has 2 saturated heterocycles. The second kappa shape index (κ2) is 7.77. The van der Waals surface area contributed by atoms with Crippen LogP contribution in [0.3, 0.4) is 0 Å². The molecule has 3 heterocycles. The number of carbonyl (C=O) groups excluding carboxylic acids is 1. The topological polar surface area (TPSA) is 91.9 Å². The number of carbonyl (C=O) groups is 1. The molecule has 0 aliphatic carbocycles. The average molecular weight is 354 g/mol. The van der Waals surface area contributed by atoms with Crippen LogP contribution >= 0.6 is 11.3 Å². The minimum Gasteiger partial charge on any atom is -0.396 e. The van der Waals surface area contributed by atoms with Crippen molar-refractivity contribution in [2.75, 3.05) is 58.3 Å². The highest BCUT2D eigenvalue weighted by atomic mass is 32.1. The number of likely N-dealkylation sites (tertiary alicyclic amines) is 1. The number of nitrogen functional groups attached to an aromatic ring is 1. The maximum Gasteiger partial charge on any atom is 0.265 e. The van der Waals surface area contributed by atoms with Crippen LogP contribution in [-0.2, 0) is 11.2 Å². The number of aliphatic hydroxyl groups excluding tert-OH is 1. The fourth-order valence-corrected chi connectivity index (χ4v) is 4.44. The van der Waals surface area contributed by atoms with Crippen molar-refractivity contribution < 1.29 is 14.6 Å². The fraction of sp³-hybridized carbons (Fsp3) is 0.750. The Labute approximate surface area is 146 Å². The summed E-state index contributed by atoms with van der Waals surface area (Å²) in [6.45, 7) is 7.66. The van der Waals surface area contributed by atoms with Crippen LogP contribution in [0, 0.1) is 11.8 Å². The predicted octanol–water partition coefficient (Wildman–Crippen LogP) is 0.300. The Hall–Kier alpha value is -1.22. The zero-order valence-corrected chi connectivity index (χ0v) is 14.9. The van der Waals surface area contributed by atoms with E-state index in [9.17, 15) is 9.90 Å². The monoisotopic (exact) mass is 354 g/mol. The fourth-order valence-electron chi connectivity index (χ4n) is 3.55. The van der Waals surface area contributed by atoms with Gasteiger partial charge in [-0.15, -0.1) is 0 Å². The van der Waals surface area contributed by atoms with Gasteiger partial charge in [-0.05, 0) is 12.3 Å². The number of nitrogens with two attached hydrogens (primary N) is 1. The summed E-state index contributed by atoms with van der Waals surface area (Å²) in [4.78, 5) is 22.0. The molecule has 134 valence electrons. The first kappa shape index (κ1) is 17.6. The van der Waals surface area contributed by atoms with Crippen molar-refractivity contribution in [3.8, 4) is 0 Å². The van der Waals surface area contributed by atoms with Crippen molar-refractivity contribution in [2.45, 2.75) is 13.3 Å². The second-order valence-electron chi connectivity index (χ2n) is 6.51. The number of nitrogens with zero attached hydrogens (tertiary/aromatic N) is 3. The maximum absolute atomic E-state index is 12.9. The van der Waals surface area contributed by atoms with Gasteiger partial charge in [0.05, 0.1) is 18.9 Å². The Morgan fingerprint density at radius 2 is 2.08 bits per heavy atom. The molecule has 2 fully saturated rings. The van der Waals surface area contributed by atoms with Crippen LogP contribution in [-0.4, -0.2) is 78.3 Å². The number of morpholine rings is 1. The molecule has 2 atom stereocenters. The number of aliphatic hydroxyl groups is 1. The molecule has 3 N–H and O–H groups in total. The number of aromatic nitrogens is 1. The average Bonchev–Trinajstić information content (AvgIpc) is 3.18. The Balaban J connectivity index is 1.67. The lowest BCUT2D eigenvalue weighted by Gasteiger charge is -2.30. The number of ether oxygens (including phenoxy) is 1. The summed E-state index contributed by atoms with van der Waals surface area (Å²) in [7, 11) is 0.